The summed E-state index contributed by atoms with van der Waals surface area (Å²) in [6, 6.07) is 0. The highest BCUT2D eigenvalue weighted by Gasteiger charge is 2.21. The van der Waals surface area contributed by atoms with Crippen molar-refractivity contribution in [1.29, 1.82) is 0 Å². The molecule has 0 aromatic heterocycles. The normalized spacial score (nSPS) is 28.2. The van der Waals surface area contributed by atoms with Crippen LogP contribution in [0.5, 0.6) is 0 Å². The molecule has 1 atom stereocenters. The minimum Gasteiger partial charge on any atom is -0.297 e. The van der Waals surface area contributed by atoms with E-state index in [2.05, 4.69) is 5.32 Å². The fraction of sp³-hybridized carbons (Fsp3) is 0.600. The number of hydrogen-bond donors (Lipinski definition) is 1. The Hall–Kier alpha value is -0.643. The lowest BCUT2D eigenvalue weighted by Crippen LogP contribution is -2.38. The van der Waals surface area contributed by atoms with E-state index in [9.17, 15) is 9.59 Å². The van der Waals surface area contributed by atoms with Crippen molar-refractivity contribution in [3.8, 4) is 0 Å². The lowest BCUT2D eigenvalue weighted by atomic mass is 10.1. The third kappa shape index (κ3) is 1.38. The van der Waals surface area contributed by atoms with Crippen molar-refractivity contribution in [2.24, 2.45) is 0 Å². The Morgan fingerprint density at radius 3 is 2.67 bits per heavy atom. The molecule has 1 rings (SSSR count). The number of carbonyl (C=O) groups excluding carboxylic acids is 2. The molecule has 0 spiro atoms. The van der Waals surface area contributed by atoms with Crippen LogP contribution in [0.25, 0.3) is 0 Å². The molecule has 1 aliphatic rings. The summed E-state index contributed by atoms with van der Waals surface area (Å²) in [5.74, 6) is -0.190. The van der Waals surface area contributed by atoms with E-state index < -0.39 is 0 Å². The van der Waals surface area contributed by atoms with Crippen LogP contribution in [0.3, 0.4) is 0 Å². The number of carbonyl (C=O) groups is 2. The molecule has 9 heavy (non-hydrogen) atoms. The number of nitrogens with one attached hydrogen (secondary N) is 1. The van der Waals surface area contributed by atoms with Gasteiger partial charge < -0.3 is 0 Å². The van der Waals surface area contributed by atoms with E-state index in [1.54, 1.807) is 0 Å². The molecular weight excluding hydrogens is 134 g/mol. The molecule has 50 valence electrons. The second-order valence-electron chi connectivity index (χ2n) is 2.35. The number of amides is 2. The molecular formula is C5H9NO2Si. The van der Waals surface area contributed by atoms with E-state index in [4.69, 9.17) is 0 Å². The van der Waals surface area contributed by atoms with Crippen molar-refractivity contribution in [2.45, 2.75) is 18.4 Å². The topological polar surface area (TPSA) is 46.2 Å². The van der Waals surface area contributed by atoms with E-state index in [-0.39, 0.29) is 17.4 Å². The maximum Gasteiger partial charge on any atom is 0.226 e. The fourth-order valence-corrected chi connectivity index (χ4v) is 1.23. The zero-order valence-electron chi connectivity index (χ0n) is 5.31. The predicted octanol–water partition coefficient (Wildman–Crippen LogP) is -1.42. The quantitative estimate of drug-likeness (QED) is 0.334. The molecule has 1 aliphatic heterocycles. The monoisotopic (exact) mass is 143 g/mol. The highest BCUT2D eigenvalue weighted by atomic mass is 28.1. The lowest BCUT2D eigenvalue weighted by molar-refractivity contribution is -0.132. The summed E-state index contributed by atoms with van der Waals surface area (Å²) in [6.45, 7) is 0. The Bertz CT molecular complexity index is 157. The van der Waals surface area contributed by atoms with Gasteiger partial charge in [0.15, 0.2) is 0 Å². The number of piperidine rings is 1. The van der Waals surface area contributed by atoms with Crippen LogP contribution in [0.15, 0.2) is 0 Å². The highest BCUT2D eigenvalue weighted by Crippen LogP contribution is 2.12. The summed E-state index contributed by atoms with van der Waals surface area (Å²) in [4.78, 5) is 21.2. The summed E-state index contributed by atoms with van der Waals surface area (Å²) >= 11 is 0. The second kappa shape index (κ2) is 2.30. The van der Waals surface area contributed by atoms with Gasteiger partial charge in [-0.05, 0) is 6.42 Å². The van der Waals surface area contributed by atoms with E-state index in [0.29, 0.717) is 6.42 Å². The molecule has 0 aliphatic carbocycles. The van der Waals surface area contributed by atoms with Gasteiger partial charge in [0.05, 0.1) is 0 Å². The minimum atomic E-state index is -0.118. The summed E-state index contributed by atoms with van der Waals surface area (Å²) in [5.41, 5.74) is 0.155. The molecule has 1 heterocycles. The summed E-state index contributed by atoms with van der Waals surface area (Å²) in [7, 11) is 0.861. The predicted molar refractivity (Wildman–Crippen MR) is 36.1 cm³/mol. The number of hydrogen-bond acceptors (Lipinski definition) is 2. The number of imide groups is 1. The van der Waals surface area contributed by atoms with Crippen LogP contribution in [0.2, 0.25) is 5.54 Å². The van der Waals surface area contributed by atoms with Crippen molar-refractivity contribution < 1.29 is 9.59 Å². The molecule has 0 aromatic carbocycles. The van der Waals surface area contributed by atoms with Gasteiger partial charge in [0.2, 0.25) is 11.8 Å². The van der Waals surface area contributed by atoms with Crippen LogP contribution in [0.4, 0.5) is 0 Å². The molecule has 0 radical (unpaired) electrons. The summed E-state index contributed by atoms with van der Waals surface area (Å²) in [5, 5.41) is 2.29. The molecule has 1 unspecified atom stereocenters. The van der Waals surface area contributed by atoms with E-state index >= 15 is 0 Å². The Kier molecular flexibility index (Phi) is 1.66. The Labute approximate surface area is 56.2 Å². The first kappa shape index (κ1) is 6.48. The maximum absolute atomic E-state index is 10.7. The van der Waals surface area contributed by atoms with Crippen molar-refractivity contribution in [3.63, 3.8) is 0 Å². The Balaban J connectivity index is 2.54. The van der Waals surface area contributed by atoms with Crippen LogP contribution in [0.1, 0.15) is 12.8 Å². The van der Waals surface area contributed by atoms with Gasteiger partial charge in [0.1, 0.15) is 0 Å². The second-order valence-corrected chi connectivity index (χ2v) is 3.75. The maximum atomic E-state index is 10.7. The SMILES string of the molecule is O=C1CCC([SiH3])C(=O)N1. The van der Waals surface area contributed by atoms with Crippen LogP contribution >= 0.6 is 0 Å². The van der Waals surface area contributed by atoms with Crippen LogP contribution in [-0.2, 0) is 9.59 Å². The van der Waals surface area contributed by atoms with E-state index in [1.807, 2.05) is 0 Å². The first-order chi connectivity index (χ1) is 4.20. The summed E-state index contributed by atoms with van der Waals surface area (Å²) < 4.78 is 0. The molecule has 4 heteroatoms. The van der Waals surface area contributed by atoms with Gasteiger partial charge in [0, 0.05) is 22.2 Å². The molecule has 0 saturated carbocycles. The van der Waals surface area contributed by atoms with Crippen molar-refractivity contribution >= 4 is 22.1 Å². The number of rotatable bonds is 0. The van der Waals surface area contributed by atoms with Gasteiger partial charge in [0.25, 0.3) is 0 Å². The molecule has 1 saturated heterocycles. The van der Waals surface area contributed by atoms with E-state index in [0.717, 1.165) is 16.7 Å². The molecule has 0 aromatic rings. The first-order valence-corrected chi connectivity index (χ1v) is 4.19. The summed E-state index contributed by atoms with van der Waals surface area (Å²) in [6.07, 6.45) is 1.29. The minimum absolute atomic E-state index is 0.0714. The fourth-order valence-electron chi connectivity index (χ4n) is 0.802. The Morgan fingerprint density at radius 2 is 2.22 bits per heavy atom. The van der Waals surface area contributed by atoms with Gasteiger partial charge in [-0.15, -0.1) is 0 Å². The molecule has 1 fully saturated rings. The molecule has 1 N–H and O–H groups in total. The first-order valence-electron chi connectivity index (χ1n) is 3.04. The smallest absolute Gasteiger partial charge is 0.226 e. The van der Waals surface area contributed by atoms with Gasteiger partial charge in [-0.3, -0.25) is 14.9 Å². The standard InChI is InChI=1S/C5H9NO2Si/c7-4-2-1-3(9)5(8)6-4/h3H,1-2H2,9H3,(H,6,7,8). The van der Waals surface area contributed by atoms with Gasteiger partial charge >= 0.3 is 0 Å². The zero-order valence-corrected chi connectivity index (χ0v) is 7.31. The van der Waals surface area contributed by atoms with Crippen LogP contribution in [0, 0.1) is 0 Å². The van der Waals surface area contributed by atoms with E-state index in [1.165, 1.54) is 0 Å². The Morgan fingerprint density at radius 1 is 1.56 bits per heavy atom. The van der Waals surface area contributed by atoms with Crippen LogP contribution in [-0.4, -0.2) is 22.1 Å². The van der Waals surface area contributed by atoms with Crippen molar-refractivity contribution in [1.82, 2.24) is 5.32 Å². The van der Waals surface area contributed by atoms with Crippen LogP contribution < -0.4 is 5.32 Å². The lowest BCUT2D eigenvalue weighted by Gasteiger charge is -2.15. The van der Waals surface area contributed by atoms with Crippen molar-refractivity contribution in [2.75, 3.05) is 0 Å². The van der Waals surface area contributed by atoms with Crippen molar-refractivity contribution in [3.05, 3.63) is 0 Å². The van der Waals surface area contributed by atoms with Gasteiger partial charge in [-0.2, -0.15) is 0 Å². The average molecular weight is 143 g/mol. The zero-order chi connectivity index (χ0) is 6.85. The molecule has 3 nitrogen and oxygen atoms in total. The van der Waals surface area contributed by atoms with Gasteiger partial charge in [-0.25, -0.2) is 0 Å². The largest absolute Gasteiger partial charge is 0.297 e. The third-order valence-electron chi connectivity index (χ3n) is 1.51. The molecule has 0 bridgehead atoms. The third-order valence-corrected chi connectivity index (χ3v) is 2.62. The molecule has 2 amide bonds. The van der Waals surface area contributed by atoms with Gasteiger partial charge in [-0.1, -0.05) is 0 Å². The highest BCUT2D eigenvalue weighted by molar-refractivity contribution is 6.26. The average Bonchev–Trinajstić information content (AvgIpc) is 1.80.